The average Bonchev–Trinajstić information content (AvgIpc) is 2.61. The first-order chi connectivity index (χ1) is 7.25. The van der Waals surface area contributed by atoms with E-state index in [0.29, 0.717) is 16.8 Å². The van der Waals surface area contributed by atoms with Crippen molar-refractivity contribution in [3.05, 3.63) is 40.2 Å². The minimum absolute atomic E-state index is 0.0650. The Hall–Kier alpha value is -2.10. The van der Waals surface area contributed by atoms with Crippen LogP contribution >= 0.6 is 0 Å². The molecule has 0 aliphatic carbocycles. The number of pyridine rings is 1. The predicted octanol–water partition coefficient (Wildman–Crippen LogP) is 0.990. The first-order valence-corrected chi connectivity index (χ1v) is 4.60. The second-order valence-corrected chi connectivity index (χ2v) is 3.46. The number of fused-ring (bicyclic) bond motifs is 3. The third-order valence-corrected chi connectivity index (χ3v) is 2.51. The van der Waals surface area contributed by atoms with Gasteiger partial charge in [0.2, 0.25) is 0 Å². The van der Waals surface area contributed by atoms with Gasteiger partial charge < -0.3 is 9.72 Å². The zero-order chi connectivity index (χ0) is 10.4. The van der Waals surface area contributed by atoms with Crippen LogP contribution in [0.15, 0.2) is 29.1 Å². The minimum atomic E-state index is -0.369. The molecule has 4 nitrogen and oxygen atoms in total. The average molecular weight is 201 g/mol. The summed E-state index contributed by atoms with van der Waals surface area (Å²) in [6, 6.07) is 7.26. The van der Waals surface area contributed by atoms with E-state index in [9.17, 15) is 9.59 Å². The number of rotatable bonds is 0. The van der Waals surface area contributed by atoms with Gasteiger partial charge in [-0.15, -0.1) is 0 Å². The summed E-state index contributed by atoms with van der Waals surface area (Å²) in [5, 5.41) is 0.776. The number of esters is 1. The molecule has 1 aliphatic rings. The molecule has 15 heavy (non-hydrogen) atoms. The normalized spacial score (nSPS) is 14.0. The largest absolute Gasteiger partial charge is 0.425 e. The predicted molar refractivity (Wildman–Crippen MR) is 53.9 cm³/mol. The summed E-state index contributed by atoms with van der Waals surface area (Å²) in [6.45, 7) is 0. The van der Waals surface area contributed by atoms with Crippen LogP contribution in [0.3, 0.4) is 0 Å². The van der Waals surface area contributed by atoms with E-state index >= 15 is 0 Å². The van der Waals surface area contributed by atoms with Crippen LogP contribution in [0.25, 0.3) is 10.9 Å². The summed E-state index contributed by atoms with van der Waals surface area (Å²) in [5.74, 6) is 0.0474. The quantitative estimate of drug-likeness (QED) is 0.646. The summed E-state index contributed by atoms with van der Waals surface area (Å²) in [4.78, 5) is 25.4. The monoisotopic (exact) mass is 201 g/mol. The first-order valence-electron chi connectivity index (χ1n) is 4.60. The smallest absolute Gasteiger partial charge is 0.316 e. The topological polar surface area (TPSA) is 59.2 Å². The molecule has 0 fully saturated rings. The molecular weight excluding hydrogens is 194 g/mol. The van der Waals surface area contributed by atoms with E-state index in [1.165, 1.54) is 0 Å². The Kier molecular flexibility index (Phi) is 1.48. The van der Waals surface area contributed by atoms with Crippen LogP contribution in [0.5, 0.6) is 5.75 Å². The van der Waals surface area contributed by atoms with Crippen LogP contribution in [0.4, 0.5) is 0 Å². The zero-order valence-corrected chi connectivity index (χ0v) is 7.74. The van der Waals surface area contributed by atoms with E-state index < -0.39 is 0 Å². The highest BCUT2D eigenvalue weighted by molar-refractivity contribution is 5.93. The molecule has 0 bridgehead atoms. The Labute approximate surface area is 84.5 Å². The van der Waals surface area contributed by atoms with Gasteiger partial charge in [0.15, 0.2) is 0 Å². The van der Waals surface area contributed by atoms with E-state index in [0.717, 1.165) is 5.39 Å². The highest BCUT2D eigenvalue weighted by Gasteiger charge is 2.25. The van der Waals surface area contributed by atoms with Crippen molar-refractivity contribution in [2.75, 3.05) is 0 Å². The number of carbonyl (C=O) groups is 1. The number of carbonyl (C=O) groups excluding carboxylic acids is 1. The molecule has 0 unspecified atom stereocenters. The molecule has 0 amide bonds. The lowest BCUT2D eigenvalue weighted by Gasteiger charge is -2.02. The Bertz CT molecular complexity index is 627. The third kappa shape index (κ3) is 1.08. The second kappa shape index (κ2) is 2.70. The molecule has 1 aromatic carbocycles. The van der Waals surface area contributed by atoms with Crippen molar-refractivity contribution in [2.24, 2.45) is 0 Å². The lowest BCUT2D eigenvalue weighted by Crippen LogP contribution is -2.10. The fourth-order valence-corrected chi connectivity index (χ4v) is 1.82. The van der Waals surface area contributed by atoms with Gasteiger partial charge in [0.25, 0.3) is 5.56 Å². The molecule has 4 heteroatoms. The van der Waals surface area contributed by atoms with E-state index in [-0.39, 0.29) is 17.9 Å². The summed E-state index contributed by atoms with van der Waals surface area (Å²) < 4.78 is 5.04. The second-order valence-electron chi connectivity index (χ2n) is 3.46. The first kappa shape index (κ1) is 8.23. The Morgan fingerprint density at radius 1 is 1.20 bits per heavy atom. The van der Waals surface area contributed by atoms with Crippen LogP contribution in [0.2, 0.25) is 0 Å². The van der Waals surface area contributed by atoms with Gasteiger partial charge in [0.05, 0.1) is 17.5 Å². The molecule has 0 atom stereocenters. The van der Waals surface area contributed by atoms with Gasteiger partial charge in [-0.25, -0.2) is 0 Å². The Balaban J connectivity index is 2.48. The molecule has 0 spiro atoms. The minimum Gasteiger partial charge on any atom is -0.425 e. The molecule has 0 radical (unpaired) electrons. The van der Waals surface area contributed by atoms with Gasteiger partial charge in [0.1, 0.15) is 5.75 Å². The number of nitrogens with one attached hydrogen (secondary N) is 1. The summed E-state index contributed by atoms with van der Waals surface area (Å²) in [6.07, 6.45) is 0.0650. The molecule has 1 aliphatic heterocycles. The summed E-state index contributed by atoms with van der Waals surface area (Å²) >= 11 is 0. The van der Waals surface area contributed by atoms with Gasteiger partial charge in [0, 0.05) is 5.39 Å². The van der Waals surface area contributed by atoms with Gasteiger partial charge in [-0.05, 0) is 12.1 Å². The van der Waals surface area contributed by atoms with E-state index in [1.807, 2.05) is 18.2 Å². The SMILES string of the molecule is O=C1Cc2c(c3ccccc3[nH]c2=O)O1. The van der Waals surface area contributed by atoms with Crippen molar-refractivity contribution in [3.8, 4) is 5.75 Å². The van der Waals surface area contributed by atoms with Crippen molar-refractivity contribution < 1.29 is 9.53 Å². The number of aromatic amines is 1. The number of hydrogen-bond donors (Lipinski definition) is 1. The highest BCUT2D eigenvalue weighted by Crippen LogP contribution is 2.30. The van der Waals surface area contributed by atoms with Gasteiger partial charge in [-0.3, -0.25) is 9.59 Å². The van der Waals surface area contributed by atoms with Crippen molar-refractivity contribution >= 4 is 16.9 Å². The van der Waals surface area contributed by atoms with Crippen LogP contribution < -0.4 is 10.3 Å². The van der Waals surface area contributed by atoms with Gasteiger partial charge in [-0.2, -0.15) is 0 Å². The maximum Gasteiger partial charge on any atom is 0.316 e. The number of benzene rings is 1. The number of ether oxygens (including phenoxy) is 1. The van der Waals surface area contributed by atoms with Crippen LogP contribution in [0.1, 0.15) is 5.56 Å². The highest BCUT2D eigenvalue weighted by atomic mass is 16.5. The lowest BCUT2D eigenvalue weighted by molar-refractivity contribution is -0.131. The number of hydrogen-bond acceptors (Lipinski definition) is 3. The molecule has 1 N–H and O–H groups in total. The molecular formula is C11H7NO3. The van der Waals surface area contributed by atoms with Crippen molar-refractivity contribution in [3.63, 3.8) is 0 Å². The summed E-state index contributed by atoms with van der Waals surface area (Å²) in [7, 11) is 0. The van der Waals surface area contributed by atoms with Gasteiger partial charge >= 0.3 is 5.97 Å². The van der Waals surface area contributed by atoms with Crippen LogP contribution in [-0.2, 0) is 11.2 Å². The Morgan fingerprint density at radius 3 is 2.87 bits per heavy atom. The molecule has 0 saturated carbocycles. The van der Waals surface area contributed by atoms with Crippen LogP contribution in [0, 0.1) is 0 Å². The maximum absolute atomic E-state index is 11.6. The standard InChI is InChI=1S/C11H7NO3/c13-9-5-7-10(15-9)6-3-1-2-4-8(6)12-11(7)14/h1-4H,5H2,(H,12,14). The molecule has 74 valence electrons. The zero-order valence-electron chi connectivity index (χ0n) is 7.74. The van der Waals surface area contributed by atoms with Gasteiger partial charge in [-0.1, -0.05) is 12.1 Å². The third-order valence-electron chi connectivity index (χ3n) is 2.51. The maximum atomic E-state index is 11.6. The summed E-state index contributed by atoms with van der Waals surface area (Å²) in [5.41, 5.74) is 0.879. The molecule has 1 aromatic heterocycles. The van der Waals surface area contributed by atoms with E-state index in [4.69, 9.17) is 4.74 Å². The van der Waals surface area contributed by atoms with E-state index in [2.05, 4.69) is 4.98 Å². The number of para-hydroxylation sites is 1. The van der Waals surface area contributed by atoms with E-state index in [1.54, 1.807) is 6.07 Å². The number of H-pyrrole nitrogens is 1. The van der Waals surface area contributed by atoms with Crippen molar-refractivity contribution in [1.82, 2.24) is 4.98 Å². The van der Waals surface area contributed by atoms with Crippen LogP contribution in [-0.4, -0.2) is 11.0 Å². The number of aromatic nitrogens is 1. The van der Waals surface area contributed by atoms with Crippen molar-refractivity contribution in [1.29, 1.82) is 0 Å². The molecule has 3 rings (SSSR count). The van der Waals surface area contributed by atoms with Crippen molar-refractivity contribution in [2.45, 2.75) is 6.42 Å². The molecule has 2 aromatic rings. The fourth-order valence-electron chi connectivity index (χ4n) is 1.82. The fraction of sp³-hybridized carbons (Fsp3) is 0.0909. The molecule has 0 saturated heterocycles. The molecule has 2 heterocycles. The lowest BCUT2D eigenvalue weighted by atomic mass is 10.1. The Morgan fingerprint density at radius 2 is 2.00 bits per heavy atom.